The minimum atomic E-state index is -3.95. The van der Waals surface area contributed by atoms with Gasteiger partial charge in [0.2, 0.25) is 9.84 Å². The number of hydrogen-bond donors (Lipinski definition) is 1. The highest BCUT2D eigenvalue weighted by atomic mass is 32.2. The maximum Gasteiger partial charge on any atom is 0.325 e. The zero-order chi connectivity index (χ0) is 28.3. The maximum atomic E-state index is 13.5. The molecule has 40 heavy (non-hydrogen) atoms. The lowest BCUT2D eigenvalue weighted by molar-refractivity contribution is -0.145. The molecule has 0 atom stereocenters. The van der Waals surface area contributed by atoms with E-state index in [-0.39, 0.29) is 35.3 Å². The summed E-state index contributed by atoms with van der Waals surface area (Å²) in [7, 11) is -3.95. The number of carbonyl (C=O) groups excluding carboxylic acids is 2. The molecule has 0 bridgehead atoms. The van der Waals surface area contributed by atoms with Crippen LogP contribution in [0.5, 0.6) is 0 Å². The number of fused-ring (bicyclic) bond motifs is 1. The van der Waals surface area contributed by atoms with Gasteiger partial charge in [-0.15, -0.1) is 0 Å². The van der Waals surface area contributed by atoms with Crippen molar-refractivity contribution in [2.24, 2.45) is 0 Å². The zero-order valence-electron chi connectivity index (χ0n) is 22.3. The molecule has 1 fully saturated rings. The Balaban J connectivity index is 1.41. The van der Waals surface area contributed by atoms with Crippen LogP contribution in [0.4, 0.5) is 4.39 Å². The molecular weight excluding hydrogens is 537 g/mol. The van der Waals surface area contributed by atoms with Crippen molar-refractivity contribution in [3.63, 3.8) is 0 Å². The van der Waals surface area contributed by atoms with E-state index in [1.165, 1.54) is 18.2 Å². The second kappa shape index (κ2) is 11.9. The number of amides is 1. The van der Waals surface area contributed by atoms with Crippen molar-refractivity contribution >= 4 is 21.7 Å². The van der Waals surface area contributed by atoms with Gasteiger partial charge in [-0.1, -0.05) is 18.2 Å². The third kappa shape index (κ3) is 5.81. The molecule has 3 aromatic rings. The summed E-state index contributed by atoms with van der Waals surface area (Å²) in [6.45, 7) is 6.07. The molecular formula is C29H32FN3O6S. The van der Waals surface area contributed by atoms with E-state index in [1.807, 2.05) is 11.5 Å². The Morgan fingerprint density at radius 2 is 1.82 bits per heavy atom. The van der Waals surface area contributed by atoms with E-state index in [0.717, 1.165) is 30.9 Å². The summed E-state index contributed by atoms with van der Waals surface area (Å²) >= 11 is 0. The van der Waals surface area contributed by atoms with Gasteiger partial charge in [0.15, 0.2) is 0 Å². The summed E-state index contributed by atoms with van der Waals surface area (Å²) < 4.78 is 53.1. The van der Waals surface area contributed by atoms with E-state index >= 15 is 0 Å². The molecule has 5 rings (SSSR count). The fourth-order valence-corrected chi connectivity index (χ4v) is 6.82. The van der Waals surface area contributed by atoms with Crippen LogP contribution in [0.3, 0.4) is 0 Å². The number of sulfone groups is 1. The molecule has 0 spiro atoms. The SMILES string of the molecule is Cc1c(Cc2ccccc2S(=O)(=O)c2ccc(F)cc2)c2c(n1CC(=O)OCCN1CCOCC1)CCNC2=O. The molecule has 1 aromatic heterocycles. The van der Waals surface area contributed by atoms with Crippen molar-refractivity contribution < 1.29 is 31.9 Å². The van der Waals surface area contributed by atoms with Crippen molar-refractivity contribution in [2.45, 2.75) is 36.1 Å². The first kappa shape index (κ1) is 28.0. The highest BCUT2D eigenvalue weighted by molar-refractivity contribution is 7.91. The van der Waals surface area contributed by atoms with Crippen molar-refractivity contribution in [3.05, 3.63) is 82.4 Å². The minimum absolute atomic E-state index is 0.0183. The maximum absolute atomic E-state index is 13.5. The van der Waals surface area contributed by atoms with Crippen LogP contribution in [0.2, 0.25) is 0 Å². The lowest BCUT2D eigenvalue weighted by atomic mass is 9.97. The van der Waals surface area contributed by atoms with E-state index in [9.17, 15) is 22.4 Å². The van der Waals surface area contributed by atoms with Gasteiger partial charge in [0.1, 0.15) is 19.0 Å². The van der Waals surface area contributed by atoms with Crippen molar-refractivity contribution in [1.82, 2.24) is 14.8 Å². The summed E-state index contributed by atoms with van der Waals surface area (Å²) in [4.78, 5) is 28.1. The Morgan fingerprint density at radius 3 is 2.58 bits per heavy atom. The predicted octanol–water partition coefficient (Wildman–Crippen LogP) is 2.52. The third-order valence-corrected chi connectivity index (χ3v) is 9.32. The van der Waals surface area contributed by atoms with Gasteiger partial charge in [-0.3, -0.25) is 14.5 Å². The van der Waals surface area contributed by atoms with E-state index < -0.39 is 21.6 Å². The number of morpholine rings is 1. The summed E-state index contributed by atoms with van der Waals surface area (Å²) in [5.41, 5.74) is 3.08. The minimum Gasteiger partial charge on any atom is -0.463 e. The van der Waals surface area contributed by atoms with Crippen molar-refractivity contribution in [3.8, 4) is 0 Å². The Bertz CT molecular complexity index is 1510. The first-order chi connectivity index (χ1) is 19.3. The molecule has 2 aromatic carbocycles. The number of aromatic nitrogens is 1. The predicted molar refractivity (Wildman–Crippen MR) is 145 cm³/mol. The first-order valence-electron chi connectivity index (χ1n) is 13.3. The molecule has 9 nitrogen and oxygen atoms in total. The van der Waals surface area contributed by atoms with Gasteiger partial charge < -0.3 is 19.4 Å². The molecule has 2 aliphatic heterocycles. The van der Waals surface area contributed by atoms with Crippen LogP contribution in [0.25, 0.3) is 0 Å². The lowest BCUT2D eigenvalue weighted by Crippen LogP contribution is -2.38. The topological polar surface area (TPSA) is 107 Å². The number of rotatable bonds is 9. The highest BCUT2D eigenvalue weighted by Crippen LogP contribution is 2.31. The highest BCUT2D eigenvalue weighted by Gasteiger charge is 2.30. The number of carbonyl (C=O) groups is 2. The molecule has 0 unspecified atom stereocenters. The van der Waals surface area contributed by atoms with Crippen LogP contribution in [-0.2, 0) is 43.5 Å². The second-order valence-corrected chi connectivity index (χ2v) is 11.8. The number of hydrogen-bond acceptors (Lipinski definition) is 7. The Kier molecular flexibility index (Phi) is 8.34. The van der Waals surface area contributed by atoms with Gasteiger partial charge in [-0.25, -0.2) is 12.8 Å². The standard InChI is InChI=1S/C29H32FN3O6S/c1-20-24(18-21-4-2-3-5-26(21)40(36,37)23-8-6-22(30)7-9-23)28-25(10-11-31-29(28)35)33(20)19-27(34)39-17-14-32-12-15-38-16-13-32/h2-9H,10-19H2,1H3,(H,31,35). The number of ether oxygens (including phenoxy) is 2. The van der Waals surface area contributed by atoms with E-state index in [2.05, 4.69) is 10.2 Å². The quantitative estimate of drug-likeness (QED) is 0.312. The third-order valence-electron chi connectivity index (χ3n) is 7.45. The van der Waals surface area contributed by atoms with Crippen LogP contribution in [0, 0.1) is 12.7 Å². The normalized spacial score (nSPS) is 15.9. The summed E-state index contributed by atoms with van der Waals surface area (Å²) in [5, 5.41) is 2.87. The molecule has 0 aliphatic carbocycles. The van der Waals surface area contributed by atoms with Gasteiger partial charge in [0, 0.05) is 50.4 Å². The Labute approximate surface area is 232 Å². The molecule has 212 valence electrons. The number of esters is 1. The van der Waals surface area contributed by atoms with Gasteiger partial charge in [0.25, 0.3) is 5.91 Å². The van der Waals surface area contributed by atoms with Gasteiger partial charge in [-0.05, 0) is 48.4 Å². The number of halogens is 1. The number of benzene rings is 2. The van der Waals surface area contributed by atoms with Crippen LogP contribution in [0.15, 0.2) is 58.3 Å². The molecule has 1 saturated heterocycles. The molecule has 2 aliphatic rings. The Hall–Kier alpha value is -3.54. The fourth-order valence-electron chi connectivity index (χ4n) is 5.33. The molecule has 1 N–H and O–H groups in total. The fraction of sp³-hybridized carbons (Fsp3) is 0.379. The van der Waals surface area contributed by atoms with Crippen LogP contribution in [0.1, 0.15) is 32.9 Å². The largest absolute Gasteiger partial charge is 0.463 e. The van der Waals surface area contributed by atoms with Gasteiger partial charge >= 0.3 is 5.97 Å². The summed E-state index contributed by atoms with van der Waals surface area (Å²) in [6, 6.07) is 11.3. The molecule has 3 heterocycles. The van der Waals surface area contributed by atoms with E-state index in [4.69, 9.17) is 9.47 Å². The van der Waals surface area contributed by atoms with Gasteiger partial charge in [-0.2, -0.15) is 0 Å². The second-order valence-electron chi connectivity index (χ2n) is 9.89. The Morgan fingerprint density at radius 1 is 1.10 bits per heavy atom. The summed E-state index contributed by atoms with van der Waals surface area (Å²) in [5.74, 6) is -1.18. The monoisotopic (exact) mass is 569 g/mol. The molecule has 1 amide bonds. The van der Waals surface area contributed by atoms with Crippen LogP contribution >= 0.6 is 0 Å². The molecule has 0 radical (unpaired) electrons. The van der Waals surface area contributed by atoms with Gasteiger partial charge in [0.05, 0.1) is 28.6 Å². The van der Waals surface area contributed by atoms with Crippen molar-refractivity contribution in [2.75, 3.05) is 46.0 Å². The average molecular weight is 570 g/mol. The van der Waals surface area contributed by atoms with Crippen LogP contribution < -0.4 is 5.32 Å². The smallest absolute Gasteiger partial charge is 0.325 e. The van der Waals surface area contributed by atoms with E-state index in [0.29, 0.717) is 55.1 Å². The first-order valence-corrected chi connectivity index (χ1v) is 14.8. The summed E-state index contributed by atoms with van der Waals surface area (Å²) in [6.07, 6.45) is 0.704. The number of nitrogens with one attached hydrogen (secondary N) is 1. The number of nitrogens with zero attached hydrogens (tertiary/aromatic N) is 2. The molecule has 0 saturated carbocycles. The zero-order valence-corrected chi connectivity index (χ0v) is 23.1. The average Bonchev–Trinajstić information content (AvgIpc) is 3.21. The molecule has 11 heteroatoms. The van der Waals surface area contributed by atoms with E-state index in [1.54, 1.807) is 18.2 Å². The van der Waals surface area contributed by atoms with Crippen LogP contribution in [-0.4, -0.2) is 75.8 Å². The lowest BCUT2D eigenvalue weighted by Gasteiger charge is -2.26. The van der Waals surface area contributed by atoms with Crippen molar-refractivity contribution in [1.29, 1.82) is 0 Å².